The van der Waals surface area contributed by atoms with Crippen LogP contribution in [-0.2, 0) is 6.54 Å². The highest BCUT2D eigenvalue weighted by Crippen LogP contribution is 2.28. The van der Waals surface area contributed by atoms with Crippen molar-refractivity contribution < 1.29 is 4.79 Å². The number of rotatable bonds is 8. The van der Waals surface area contributed by atoms with E-state index in [1.54, 1.807) is 0 Å². The van der Waals surface area contributed by atoms with E-state index in [0.29, 0.717) is 15.9 Å². The average molecular weight is 446 g/mol. The third kappa shape index (κ3) is 4.48. The Kier molecular flexibility index (Phi) is 7.06. The maximum absolute atomic E-state index is 12.9. The quantitative estimate of drug-likeness (QED) is 0.362. The number of benzene rings is 1. The van der Waals surface area contributed by atoms with Crippen molar-refractivity contribution in [3.05, 3.63) is 58.1 Å². The molecule has 0 saturated carbocycles. The van der Waals surface area contributed by atoms with Crippen LogP contribution >= 0.6 is 23.4 Å². The fraction of sp³-hybridized carbons (Fsp3) is 0.409. The minimum absolute atomic E-state index is 0.0571. The van der Waals surface area contributed by atoms with E-state index in [-0.39, 0.29) is 11.8 Å². The first-order valence-electron chi connectivity index (χ1n) is 9.95. The number of thioether (sulfide) groups is 1. The van der Waals surface area contributed by atoms with E-state index in [9.17, 15) is 4.79 Å². The van der Waals surface area contributed by atoms with Crippen molar-refractivity contribution >= 4 is 29.1 Å². The second-order valence-corrected chi connectivity index (χ2v) is 8.91. The number of aryl methyl sites for hydroxylation is 1. The molecule has 2 aromatic heterocycles. The highest BCUT2D eigenvalue weighted by atomic mass is 35.5. The van der Waals surface area contributed by atoms with Crippen LogP contribution in [0.1, 0.15) is 47.5 Å². The molecule has 6 nitrogen and oxygen atoms in total. The van der Waals surface area contributed by atoms with Crippen LogP contribution in [0.25, 0.3) is 5.69 Å². The third-order valence-corrected chi connectivity index (χ3v) is 6.60. The van der Waals surface area contributed by atoms with Crippen LogP contribution in [0.5, 0.6) is 0 Å². The Morgan fingerprint density at radius 2 is 1.87 bits per heavy atom. The monoisotopic (exact) mass is 445 g/mol. The number of halogens is 1. The number of hydrogen-bond donors (Lipinski definition) is 0. The highest BCUT2D eigenvalue weighted by molar-refractivity contribution is 7.99. The van der Waals surface area contributed by atoms with E-state index in [2.05, 4.69) is 33.5 Å². The normalized spacial score (nSPS) is 12.5. The maximum Gasteiger partial charge on any atom is 0.196 e. The van der Waals surface area contributed by atoms with Gasteiger partial charge in [0.2, 0.25) is 0 Å². The van der Waals surface area contributed by atoms with Gasteiger partial charge in [-0.2, -0.15) is 0 Å². The van der Waals surface area contributed by atoms with E-state index < -0.39 is 0 Å². The number of carbonyl (C=O) groups is 1. The summed E-state index contributed by atoms with van der Waals surface area (Å²) in [5.41, 5.74) is 3.82. The van der Waals surface area contributed by atoms with Crippen LogP contribution in [0.4, 0.5) is 0 Å². The van der Waals surface area contributed by atoms with Crippen LogP contribution in [-0.4, -0.2) is 49.9 Å². The molecular weight excluding hydrogens is 418 g/mol. The van der Waals surface area contributed by atoms with Gasteiger partial charge in [-0.15, -0.1) is 10.2 Å². The molecule has 3 aromatic rings. The summed E-state index contributed by atoms with van der Waals surface area (Å²) in [5.74, 6) is 1.22. The summed E-state index contributed by atoms with van der Waals surface area (Å²) in [7, 11) is 4.01. The number of aromatic nitrogens is 4. The van der Waals surface area contributed by atoms with Gasteiger partial charge in [0.05, 0.1) is 11.8 Å². The molecule has 1 unspecified atom stereocenters. The van der Waals surface area contributed by atoms with Crippen molar-refractivity contribution in [2.45, 2.75) is 45.4 Å². The Hall–Kier alpha value is -2.09. The molecule has 0 aliphatic carbocycles. The van der Waals surface area contributed by atoms with Gasteiger partial charge in [0, 0.05) is 34.2 Å². The van der Waals surface area contributed by atoms with Crippen LogP contribution in [0.3, 0.4) is 0 Å². The van der Waals surface area contributed by atoms with Gasteiger partial charge in [-0.05, 0) is 72.1 Å². The van der Waals surface area contributed by atoms with Crippen molar-refractivity contribution in [3.63, 3.8) is 0 Å². The van der Waals surface area contributed by atoms with Gasteiger partial charge in [-0.25, -0.2) is 0 Å². The smallest absolute Gasteiger partial charge is 0.196 e. The topological polar surface area (TPSA) is 56.0 Å². The van der Waals surface area contributed by atoms with E-state index in [0.717, 1.165) is 35.0 Å². The number of carbonyl (C=O) groups excluding carboxylic acids is 1. The Morgan fingerprint density at radius 3 is 2.43 bits per heavy atom. The van der Waals surface area contributed by atoms with E-state index in [1.165, 1.54) is 11.8 Å². The molecule has 30 heavy (non-hydrogen) atoms. The van der Waals surface area contributed by atoms with E-state index in [4.69, 9.17) is 11.6 Å². The Labute approximate surface area is 187 Å². The SMILES string of the molecule is CCn1c(C)cc(C(=O)CSc2nnc(C(C)N(C)C)n2-c2ccc(Cl)cc2)c1C. The van der Waals surface area contributed by atoms with Gasteiger partial charge in [0.1, 0.15) is 0 Å². The van der Waals surface area contributed by atoms with Crippen LogP contribution < -0.4 is 0 Å². The van der Waals surface area contributed by atoms with Crippen molar-refractivity contribution in [2.24, 2.45) is 0 Å². The summed E-state index contributed by atoms with van der Waals surface area (Å²) in [6.45, 7) is 9.06. The first-order chi connectivity index (χ1) is 14.2. The molecule has 0 saturated heterocycles. The molecule has 2 heterocycles. The summed E-state index contributed by atoms with van der Waals surface area (Å²) >= 11 is 7.49. The molecular formula is C22H28ClN5OS. The first-order valence-corrected chi connectivity index (χ1v) is 11.3. The molecule has 0 N–H and O–H groups in total. The molecule has 1 aromatic carbocycles. The van der Waals surface area contributed by atoms with Crippen molar-refractivity contribution in [1.29, 1.82) is 0 Å². The molecule has 3 rings (SSSR count). The summed E-state index contributed by atoms with van der Waals surface area (Å²) in [6, 6.07) is 9.61. The van der Waals surface area contributed by atoms with Gasteiger partial charge >= 0.3 is 0 Å². The highest BCUT2D eigenvalue weighted by Gasteiger charge is 2.22. The second kappa shape index (κ2) is 9.37. The molecule has 0 amide bonds. The predicted octanol–water partition coefficient (Wildman–Crippen LogP) is 4.96. The van der Waals surface area contributed by atoms with E-state index in [1.807, 2.05) is 62.8 Å². The van der Waals surface area contributed by atoms with Gasteiger partial charge < -0.3 is 4.57 Å². The Morgan fingerprint density at radius 1 is 1.20 bits per heavy atom. The molecule has 160 valence electrons. The molecule has 0 fully saturated rings. The molecule has 0 aliphatic heterocycles. The summed E-state index contributed by atoms with van der Waals surface area (Å²) in [4.78, 5) is 15.0. The lowest BCUT2D eigenvalue weighted by Crippen LogP contribution is -2.20. The predicted molar refractivity (Wildman–Crippen MR) is 123 cm³/mol. The molecule has 0 radical (unpaired) electrons. The van der Waals surface area contributed by atoms with Gasteiger partial charge in [-0.3, -0.25) is 14.3 Å². The standard InChI is InChI=1S/C22H28ClN5OS/c1-7-27-14(2)12-19(15(27)3)20(29)13-30-22-25-24-21(16(4)26(5)6)28(22)18-10-8-17(23)9-11-18/h8-12,16H,7,13H2,1-6H3. The fourth-order valence-electron chi connectivity index (χ4n) is 3.49. The molecule has 0 spiro atoms. The van der Waals surface area contributed by atoms with Gasteiger partial charge in [0.15, 0.2) is 16.8 Å². The second-order valence-electron chi connectivity index (χ2n) is 7.53. The van der Waals surface area contributed by atoms with Crippen LogP contribution in [0, 0.1) is 13.8 Å². The summed E-state index contributed by atoms with van der Waals surface area (Å²) in [6.07, 6.45) is 0. The lowest BCUT2D eigenvalue weighted by molar-refractivity contribution is 0.102. The third-order valence-electron chi connectivity index (χ3n) is 5.41. The first kappa shape index (κ1) is 22.6. The lowest BCUT2D eigenvalue weighted by Gasteiger charge is -2.20. The zero-order valence-electron chi connectivity index (χ0n) is 18.3. The average Bonchev–Trinajstić information content (AvgIpc) is 3.26. The maximum atomic E-state index is 12.9. The lowest BCUT2D eigenvalue weighted by atomic mass is 10.2. The zero-order valence-corrected chi connectivity index (χ0v) is 19.9. The Bertz CT molecular complexity index is 1040. The minimum atomic E-state index is 0.0571. The fourth-order valence-corrected chi connectivity index (χ4v) is 4.46. The summed E-state index contributed by atoms with van der Waals surface area (Å²) in [5, 5.41) is 10.2. The van der Waals surface area contributed by atoms with Gasteiger partial charge in [-0.1, -0.05) is 23.4 Å². The van der Waals surface area contributed by atoms with Gasteiger partial charge in [0.25, 0.3) is 0 Å². The van der Waals surface area contributed by atoms with Crippen molar-refractivity contribution in [3.8, 4) is 5.69 Å². The number of hydrogen-bond acceptors (Lipinski definition) is 5. The zero-order chi connectivity index (χ0) is 22.0. The molecule has 1 atom stereocenters. The van der Waals surface area contributed by atoms with E-state index >= 15 is 0 Å². The largest absolute Gasteiger partial charge is 0.349 e. The number of nitrogens with zero attached hydrogens (tertiary/aromatic N) is 5. The summed E-state index contributed by atoms with van der Waals surface area (Å²) < 4.78 is 4.17. The van der Waals surface area contributed by atoms with Crippen molar-refractivity contribution in [1.82, 2.24) is 24.2 Å². The van der Waals surface area contributed by atoms with Crippen LogP contribution in [0.2, 0.25) is 5.02 Å². The number of Topliss-reactive ketones (excluding diaryl/α,β-unsaturated/α-hetero) is 1. The Balaban J connectivity index is 1.91. The number of ketones is 1. The molecule has 0 aliphatic rings. The molecule has 8 heteroatoms. The van der Waals surface area contributed by atoms with Crippen LogP contribution in [0.15, 0.2) is 35.5 Å². The molecule has 0 bridgehead atoms. The van der Waals surface area contributed by atoms with Crippen molar-refractivity contribution in [2.75, 3.05) is 19.8 Å². The minimum Gasteiger partial charge on any atom is -0.349 e.